The van der Waals surface area contributed by atoms with E-state index in [0.29, 0.717) is 23.2 Å². The van der Waals surface area contributed by atoms with Crippen molar-refractivity contribution in [2.24, 2.45) is 11.1 Å². The van der Waals surface area contributed by atoms with Crippen LogP contribution in [0.4, 0.5) is 4.39 Å². The topological polar surface area (TPSA) is 113 Å². The normalized spacial score (nSPS) is 14.4. The van der Waals surface area contributed by atoms with Crippen LogP contribution in [0.5, 0.6) is 0 Å². The molecule has 0 spiro atoms. The van der Waals surface area contributed by atoms with Gasteiger partial charge in [-0.3, -0.25) is 14.4 Å². The van der Waals surface area contributed by atoms with Crippen molar-refractivity contribution < 1.29 is 23.9 Å². The number of carbonyl (C=O) groups is 3. The summed E-state index contributed by atoms with van der Waals surface area (Å²) in [5.41, 5.74) is 6.73. The number of aliphatic hydroxyl groups excluding tert-OH is 1. The smallest absolute Gasteiger partial charge is 0.254 e. The standard InChI is InChI=1S/C27H34FN3O4/c1-15(32)13-31(19-7-8-19)26(35)22-10-17(25(34)30-14-27(3,4)5)6-9-20(22)21-11-18(24(29)33)12-23(28)16(21)2/h6,9-12,15,19,32H,7-8,13-14H2,1-5H3,(H2,29,33)(H,30,34)/t15-/m1/s1. The second-order valence-corrected chi connectivity index (χ2v) is 10.5. The zero-order valence-corrected chi connectivity index (χ0v) is 20.9. The molecule has 8 heteroatoms. The highest BCUT2D eigenvalue weighted by Crippen LogP contribution is 2.34. The molecule has 188 valence electrons. The van der Waals surface area contributed by atoms with Crippen LogP contribution >= 0.6 is 0 Å². The average Bonchev–Trinajstić information content (AvgIpc) is 3.61. The Morgan fingerprint density at radius 2 is 1.80 bits per heavy atom. The Labute approximate surface area is 205 Å². The Balaban J connectivity index is 2.14. The lowest BCUT2D eigenvalue weighted by molar-refractivity contribution is 0.0631. The molecule has 0 unspecified atom stereocenters. The molecule has 1 atom stereocenters. The van der Waals surface area contributed by atoms with Crippen LogP contribution in [0.2, 0.25) is 0 Å². The van der Waals surface area contributed by atoms with Crippen LogP contribution in [0.3, 0.4) is 0 Å². The Bertz CT molecular complexity index is 1150. The SMILES string of the molecule is Cc1c(F)cc(C(N)=O)cc1-c1ccc(C(=O)NCC(C)(C)C)cc1C(=O)N(C[C@@H](C)O)C1CC1. The van der Waals surface area contributed by atoms with Gasteiger partial charge in [-0.05, 0) is 73.1 Å². The van der Waals surface area contributed by atoms with Crippen LogP contribution in [0.1, 0.15) is 77.2 Å². The molecule has 0 heterocycles. The van der Waals surface area contributed by atoms with E-state index in [1.807, 2.05) is 20.8 Å². The van der Waals surface area contributed by atoms with Crippen molar-refractivity contribution >= 4 is 17.7 Å². The number of nitrogens with two attached hydrogens (primary N) is 1. The predicted molar refractivity (Wildman–Crippen MR) is 133 cm³/mol. The minimum Gasteiger partial charge on any atom is -0.392 e. The van der Waals surface area contributed by atoms with Crippen LogP contribution in [-0.4, -0.2) is 53.0 Å². The minimum absolute atomic E-state index is 0.00175. The van der Waals surface area contributed by atoms with E-state index in [4.69, 9.17) is 5.73 Å². The number of hydrogen-bond acceptors (Lipinski definition) is 4. The van der Waals surface area contributed by atoms with Crippen molar-refractivity contribution in [1.29, 1.82) is 0 Å². The molecule has 35 heavy (non-hydrogen) atoms. The van der Waals surface area contributed by atoms with Crippen LogP contribution < -0.4 is 11.1 Å². The van der Waals surface area contributed by atoms with E-state index in [-0.39, 0.29) is 46.5 Å². The van der Waals surface area contributed by atoms with Crippen molar-refractivity contribution in [3.8, 4) is 11.1 Å². The van der Waals surface area contributed by atoms with Crippen molar-refractivity contribution in [2.45, 2.75) is 59.6 Å². The lowest BCUT2D eigenvalue weighted by Gasteiger charge is -2.26. The second kappa shape index (κ2) is 10.2. The highest BCUT2D eigenvalue weighted by atomic mass is 19.1. The molecule has 1 saturated carbocycles. The van der Waals surface area contributed by atoms with Gasteiger partial charge in [-0.1, -0.05) is 26.8 Å². The molecule has 7 nitrogen and oxygen atoms in total. The van der Waals surface area contributed by atoms with Crippen LogP contribution in [0, 0.1) is 18.2 Å². The Morgan fingerprint density at radius 3 is 2.34 bits per heavy atom. The first-order valence-corrected chi connectivity index (χ1v) is 11.8. The summed E-state index contributed by atoms with van der Waals surface area (Å²) in [5, 5.41) is 12.9. The van der Waals surface area contributed by atoms with Crippen LogP contribution in [0.25, 0.3) is 11.1 Å². The fraction of sp³-hybridized carbons (Fsp3) is 0.444. The molecule has 2 aromatic carbocycles. The Hall–Kier alpha value is -3.26. The zero-order chi connectivity index (χ0) is 26.1. The summed E-state index contributed by atoms with van der Waals surface area (Å²) in [6, 6.07) is 7.20. The fourth-order valence-corrected chi connectivity index (χ4v) is 3.87. The number of nitrogens with one attached hydrogen (secondary N) is 1. The third-order valence-corrected chi connectivity index (χ3v) is 5.92. The molecule has 0 saturated heterocycles. The summed E-state index contributed by atoms with van der Waals surface area (Å²) < 4.78 is 14.7. The molecule has 0 bridgehead atoms. The van der Waals surface area contributed by atoms with Gasteiger partial charge in [-0.2, -0.15) is 0 Å². The first kappa shape index (κ1) is 26.3. The summed E-state index contributed by atoms with van der Waals surface area (Å²) in [6.07, 6.45) is 0.910. The van der Waals surface area contributed by atoms with Gasteiger partial charge in [0, 0.05) is 35.8 Å². The monoisotopic (exact) mass is 483 g/mol. The molecule has 0 radical (unpaired) electrons. The third kappa shape index (κ3) is 6.45. The highest BCUT2D eigenvalue weighted by molar-refractivity contribution is 6.05. The number of amides is 3. The maximum absolute atomic E-state index is 14.7. The molecular weight excluding hydrogens is 449 g/mol. The van der Waals surface area contributed by atoms with E-state index < -0.39 is 17.8 Å². The number of aliphatic hydroxyl groups is 1. The molecule has 2 aromatic rings. The quantitative estimate of drug-likeness (QED) is 0.532. The molecule has 1 aliphatic carbocycles. The lowest BCUT2D eigenvalue weighted by Crippen LogP contribution is -2.38. The van der Waals surface area contributed by atoms with Gasteiger partial charge in [0.05, 0.1) is 6.10 Å². The van der Waals surface area contributed by atoms with Gasteiger partial charge in [0.25, 0.3) is 11.8 Å². The van der Waals surface area contributed by atoms with E-state index in [1.54, 1.807) is 30.9 Å². The van der Waals surface area contributed by atoms with Crippen LogP contribution in [0.15, 0.2) is 30.3 Å². The number of halogens is 1. The number of benzene rings is 2. The maximum Gasteiger partial charge on any atom is 0.254 e. The molecule has 0 aliphatic heterocycles. The number of rotatable bonds is 8. The van der Waals surface area contributed by atoms with E-state index in [9.17, 15) is 23.9 Å². The molecule has 1 aliphatic rings. The van der Waals surface area contributed by atoms with Gasteiger partial charge < -0.3 is 21.1 Å². The van der Waals surface area contributed by atoms with Crippen molar-refractivity contribution in [1.82, 2.24) is 10.2 Å². The summed E-state index contributed by atoms with van der Waals surface area (Å²) in [6.45, 7) is 9.74. The predicted octanol–water partition coefficient (Wildman–Crippen LogP) is 3.66. The number of carbonyl (C=O) groups excluding carboxylic acids is 3. The molecule has 3 amide bonds. The summed E-state index contributed by atoms with van der Waals surface area (Å²) >= 11 is 0. The number of nitrogens with zero attached hydrogens (tertiary/aromatic N) is 1. The van der Waals surface area contributed by atoms with E-state index in [1.165, 1.54) is 12.1 Å². The molecule has 0 aromatic heterocycles. The van der Waals surface area contributed by atoms with E-state index in [0.717, 1.165) is 18.9 Å². The van der Waals surface area contributed by atoms with Gasteiger partial charge in [-0.15, -0.1) is 0 Å². The third-order valence-electron chi connectivity index (χ3n) is 5.92. The van der Waals surface area contributed by atoms with Gasteiger partial charge in [-0.25, -0.2) is 4.39 Å². The summed E-state index contributed by atoms with van der Waals surface area (Å²) in [5.74, 6) is -2.10. The first-order valence-electron chi connectivity index (χ1n) is 11.8. The average molecular weight is 484 g/mol. The largest absolute Gasteiger partial charge is 0.392 e. The van der Waals surface area contributed by atoms with Crippen molar-refractivity contribution in [3.05, 3.63) is 58.4 Å². The van der Waals surface area contributed by atoms with Gasteiger partial charge in [0.15, 0.2) is 0 Å². The molecule has 4 N–H and O–H groups in total. The summed E-state index contributed by atoms with van der Waals surface area (Å²) in [7, 11) is 0. The van der Waals surface area contributed by atoms with E-state index >= 15 is 0 Å². The fourth-order valence-electron chi connectivity index (χ4n) is 3.87. The summed E-state index contributed by atoms with van der Waals surface area (Å²) in [4.78, 5) is 40.0. The maximum atomic E-state index is 14.7. The minimum atomic E-state index is -0.787. The number of primary amides is 1. The zero-order valence-electron chi connectivity index (χ0n) is 20.9. The van der Waals surface area contributed by atoms with Gasteiger partial charge in [0.1, 0.15) is 5.82 Å². The van der Waals surface area contributed by atoms with Gasteiger partial charge in [0.2, 0.25) is 5.91 Å². The van der Waals surface area contributed by atoms with Crippen LogP contribution in [-0.2, 0) is 0 Å². The molecule has 3 rings (SSSR count). The Kier molecular flexibility index (Phi) is 7.65. The lowest BCUT2D eigenvalue weighted by atomic mass is 9.91. The van der Waals surface area contributed by atoms with Crippen molar-refractivity contribution in [3.63, 3.8) is 0 Å². The van der Waals surface area contributed by atoms with Gasteiger partial charge >= 0.3 is 0 Å². The second-order valence-electron chi connectivity index (χ2n) is 10.5. The highest BCUT2D eigenvalue weighted by Gasteiger charge is 2.35. The number of hydrogen-bond donors (Lipinski definition) is 3. The first-order chi connectivity index (χ1) is 16.3. The Morgan fingerprint density at radius 1 is 1.14 bits per heavy atom. The molecular formula is C27H34FN3O4. The van der Waals surface area contributed by atoms with E-state index in [2.05, 4.69) is 5.32 Å². The molecule has 1 fully saturated rings. The van der Waals surface area contributed by atoms with Crippen molar-refractivity contribution in [2.75, 3.05) is 13.1 Å².